The number of rotatable bonds is 4. The van der Waals surface area contributed by atoms with Crippen LogP contribution in [0.1, 0.15) is 21.5 Å². The van der Waals surface area contributed by atoms with Crippen molar-refractivity contribution in [1.82, 2.24) is 4.98 Å². The van der Waals surface area contributed by atoms with Gasteiger partial charge >= 0.3 is 0 Å². The lowest BCUT2D eigenvalue weighted by molar-refractivity contribution is 0.101. The fourth-order valence-corrected chi connectivity index (χ4v) is 2.99. The van der Waals surface area contributed by atoms with Gasteiger partial charge in [0.25, 0.3) is 0 Å². The van der Waals surface area contributed by atoms with Gasteiger partial charge in [0.2, 0.25) is 5.78 Å². The number of hydrogen-bond donors (Lipinski definition) is 0. The third-order valence-corrected chi connectivity index (χ3v) is 4.75. The average molecular weight is 398 g/mol. The molecule has 0 spiro atoms. The first-order valence-corrected chi connectivity index (χ1v) is 8.91. The van der Waals surface area contributed by atoms with Crippen molar-refractivity contribution in [2.75, 3.05) is 0 Å². The van der Waals surface area contributed by atoms with Gasteiger partial charge in [0.15, 0.2) is 5.76 Å². The number of allylic oxidation sites excluding steroid dienone is 1. The second-order valence-corrected chi connectivity index (χ2v) is 6.74. The minimum Gasteiger partial charge on any atom is -0.489 e. The van der Waals surface area contributed by atoms with E-state index in [4.69, 9.17) is 32.7 Å². The van der Waals surface area contributed by atoms with Crippen molar-refractivity contribution in [3.8, 4) is 11.5 Å². The lowest BCUT2D eigenvalue weighted by atomic mass is 10.1. The van der Waals surface area contributed by atoms with Crippen molar-refractivity contribution in [3.63, 3.8) is 0 Å². The van der Waals surface area contributed by atoms with Crippen molar-refractivity contribution >= 4 is 35.1 Å². The van der Waals surface area contributed by atoms with E-state index in [-0.39, 0.29) is 11.5 Å². The molecule has 0 fully saturated rings. The van der Waals surface area contributed by atoms with Crippen LogP contribution in [-0.4, -0.2) is 10.8 Å². The number of carbonyl (C=O) groups excluding carboxylic acids is 1. The first-order chi connectivity index (χ1) is 13.1. The molecule has 0 atom stereocenters. The smallest absolute Gasteiger partial charge is 0.231 e. The third-order valence-electron chi connectivity index (χ3n) is 4.01. The number of fused-ring (bicyclic) bond motifs is 1. The van der Waals surface area contributed by atoms with Crippen molar-refractivity contribution in [2.45, 2.75) is 6.61 Å². The SMILES string of the molecule is O=C1C(=Cc2cccnc2)Oc2cc(OCc3ccc(Cl)c(Cl)c3)ccc21. The maximum absolute atomic E-state index is 12.5. The number of benzene rings is 2. The number of carbonyl (C=O) groups is 1. The molecule has 134 valence electrons. The van der Waals surface area contributed by atoms with Gasteiger partial charge in [-0.25, -0.2) is 0 Å². The van der Waals surface area contributed by atoms with Gasteiger partial charge in [0, 0.05) is 18.5 Å². The molecule has 0 amide bonds. The minimum absolute atomic E-state index is 0.162. The van der Waals surface area contributed by atoms with Gasteiger partial charge in [-0.15, -0.1) is 0 Å². The standard InChI is InChI=1S/C21H13Cl2NO3/c22-17-6-3-14(8-18(17)23)12-26-15-4-5-16-19(10-15)27-20(21(16)25)9-13-2-1-7-24-11-13/h1-11H,12H2. The topological polar surface area (TPSA) is 48.4 Å². The molecule has 1 aliphatic heterocycles. The van der Waals surface area contributed by atoms with Crippen molar-refractivity contribution in [2.24, 2.45) is 0 Å². The van der Waals surface area contributed by atoms with Gasteiger partial charge in [-0.2, -0.15) is 0 Å². The molecule has 4 nitrogen and oxygen atoms in total. The maximum Gasteiger partial charge on any atom is 0.231 e. The molecule has 0 aliphatic carbocycles. The highest BCUT2D eigenvalue weighted by Crippen LogP contribution is 2.35. The zero-order chi connectivity index (χ0) is 18.8. The summed E-state index contributed by atoms with van der Waals surface area (Å²) in [5.41, 5.74) is 2.19. The predicted molar refractivity (Wildman–Crippen MR) is 104 cm³/mol. The first-order valence-electron chi connectivity index (χ1n) is 8.15. The maximum atomic E-state index is 12.5. The van der Waals surface area contributed by atoms with Crippen LogP contribution in [-0.2, 0) is 6.61 Å². The van der Waals surface area contributed by atoms with Gasteiger partial charge in [-0.1, -0.05) is 35.3 Å². The Morgan fingerprint density at radius 1 is 1.07 bits per heavy atom. The Bertz CT molecular complexity index is 1050. The molecule has 1 aromatic heterocycles. The van der Waals surface area contributed by atoms with E-state index in [0.717, 1.165) is 11.1 Å². The molecule has 6 heteroatoms. The summed E-state index contributed by atoms with van der Waals surface area (Å²) in [6.07, 6.45) is 5.01. The Kier molecular flexibility index (Phi) is 4.84. The van der Waals surface area contributed by atoms with Crippen LogP contribution >= 0.6 is 23.2 Å². The van der Waals surface area contributed by atoms with Gasteiger partial charge < -0.3 is 9.47 Å². The van der Waals surface area contributed by atoms with E-state index in [0.29, 0.717) is 33.7 Å². The molecule has 4 rings (SSSR count). The molecule has 1 aliphatic rings. The van der Waals surface area contributed by atoms with Gasteiger partial charge in [0.1, 0.15) is 18.1 Å². The second-order valence-electron chi connectivity index (χ2n) is 5.92. The number of nitrogens with zero attached hydrogens (tertiary/aromatic N) is 1. The highest BCUT2D eigenvalue weighted by atomic mass is 35.5. The van der Waals surface area contributed by atoms with Crippen LogP contribution in [0.25, 0.3) is 6.08 Å². The van der Waals surface area contributed by atoms with Gasteiger partial charge in [-0.3, -0.25) is 9.78 Å². The molecular weight excluding hydrogens is 385 g/mol. The summed E-state index contributed by atoms with van der Waals surface area (Å²) in [5.74, 6) is 1.17. The molecule has 0 bridgehead atoms. The molecule has 3 aromatic rings. The van der Waals surface area contributed by atoms with Gasteiger partial charge in [0.05, 0.1) is 15.6 Å². The highest BCUT2D eigenvalue weighted by Gasteiger charge is 2.27. The molecule has 2 heterocycles. The molecular formula is C21H13Cl2NO3. The molecule has 27 heavy (non-hydrogen) atoms. The Balaban J connectivity index is 1.50. The Labute approximate surface area is 166 Å². The molecule has 0 unspecified atom stereocenters. The monoisotopic (exact) mass is 397 g/mol. The molecule has 0 N–H and O–H groups in total. The van der Waals surface area contributed by atoms with Crippen LogP contribution < -0.4 is 9.47 Å². The van der Waals surface area contributed by atoms with Crippen LogP contribution in [0.3, 0.4) is 0 Å². The van der Waals surface area contributed by atoms with E-state index in [2.05, 4.69) is 4.98 Å². The van der Waals surface area contributed by atoms with Crippen molar-refractivity contribution in [3.05, 3.63) is 93.4 Å². The summed E-state index contributed by atoms with van der Waals surface area (Å²) < 4.78 is 11.5. The Morgan fingerprint density at radius 3 is 2.74 bits per heavy atom. The number of aromatic nitrogens is 1. The number of ether oxygens (including phenoxy) is 2. The summed E-state index contributed by atoms with van der Waals surface area (Å²) in [6.45, 7) is 0.321. The van der Waals surface area contributed by atoms with E-state index in [1.807, 2.05) is 12.1 Å². The minimum atomic E-state index is -0.162. The number of hydrogen-bond acceptors (Lipinski definition) is 4. The number of pyridine rings is 1. The van der Waals surface area contributed by atoms with Gasteiger partial charge in [-0.05, 0) is 47.5 Å². The number of ketones is 1. The van der Waals surface area contributed by atoms with E-state index < -0.39 is 0 Å². The molecule has 0 saturated heterocycles. The average Bonchev–Trinajstić information content (AvgIpc) is 2.98. The fourth-order valence-electron chi connectivity index (χ4n) is 2.67. The van der Waals surface area contributed by atoms with Crippen LogP contribution in [0, 0.1) is 0 Å². The van der Waals surface area contributed by atoms with Crippen LogP contribution in [0.2, 0.25) is 10.0 Å². The highest BCUT2D eigenvalue weighted by molar-refractivity contribution is 6.42. The third kappa shape index (κ3) is 3.82. The lowest BCUT2D eigenvalue weighted by Crippen LogP contribution is -1.98. The van der Waals surface area contributed by atoms with Crippen LogP contribution in [0.15, 0.2) is 66.7 Å². The lowest BCUT2D eigenvalue weighted by Gasteiger charge is -2.08. The number of Topliss-reactive ketones (excluding diaryl/α,β-unsaturated/α-hetero) is 1. The Hall–Kier alpha value is -2.82. The van der Waals surface area contributed by atoms with E-state index in [9.17, 15) is 4.79 Å². The zero-order valence-electron chi connectivity index (χ0n) is 14.0. The van der Waals surface area contributed by atoms with E-state index in [1.54, 1.807) is 54.9 Å². The summed E-state index contributed by atoms with van der Waals surface area (Å²) in [6, 6.07) is 14.1. The summed E-state index contributed by atoms with van der Waals surface area (Å²) in [4.78, 5) is 16.5. The summed E-state index contributed by atoms with van der Waals surface area (Å²) in [7, 11) is 0. The van der Waals surface area contributed by atoms with Crippen molar-refractivity contribution in [1.29, 1.82) is 0 Å². The van der Waals surface area contributed by atoms with Crippen molar-refractivity contribution < 1.29 is 14.3 Å². The van der Waals surface area contributed by atoms with E-state index >= 15 is 0 Å². The molecule has 2 aromatic carbocycles. The summed E-state index contributed by atoms with van der Waals surface area (Å²) >= 11 is 11.9. The predicted octanol–water partition coefficient (Wildman–Crippen LogP) is 5.58. The summed E-state index contributed by atoms with van der Waals surface area (Å²) in [5, 5.41) is 0.976. The fraction of sp³-hybridized carbons (Fsp3) is 0.0476. The molecule has 0 saturated carbocycles. The normalized spacial score (nSPS) is 14.1. The number of halogens is 2. The molecule has 0 radical (unpaired) electrons. The van der Waals surface area contributed by atoms with Crippen LogP contribution in [0.5, 0.6) is 11.5 Å². The first kappa shape index (κ1) is 17.6. The van der Waals surface area contributed by atoms with Crippen LogP contribution in [0.4, 0.5) is 0 Å². The Morgan fingerprint density at radius 2 is 1.96 bits per heavy atom. The van der Waals surface area contributed by atoms with E-state index in [1.165, 1.54) is 0 Å². The largest absolute Gasteiger partial charge is 0.489 e. The second kappa shape index (κ2) is 7.43. The quantitative estimate of drug-likeness (QED) is 0.538. The zero-order valence-corrected chi connectivity index (χ0v) is 15.5.